The molecule has 0 atom stereocenters. The standard InChI is InChI=1S/C17H15BrClNO2/c18-14-5-3-13(4-6-14)16(21)9-10-17(22)20-11-12-1-7-15(19)8-2-12/h1-8H,9-11H2,(H,20,22). The maximum atomic E-state index is 12.0. The first-order valence-corrected chi connectivity index (χ1v) is 8.01. The minimum absolute atomic E-state index is 0.0332. The van der Waals surface area contributed by atoms with E-state index in [1.807, 2.05) is 24.3 Å². The Morgan fingerprint density at radius 2 is 1.59 bits per heavy atom. The molecular weight excluding hydrogens is 366 g/mol. The molecule has 0 saturated heterocycles. The third-order valence-corrected chi connectivity index (χ3v) is 3.93. The van der Waals surface area contributed by atoms with Gasteiger partial charge in [-0.15, -0.1) is 0 Å². The number of carbonyl (C=O) groups excluding carboxylic acids is 2. The maximum Gasteiger partial charge on any atom is 0.220 e. The zero-order valence-corrected chi connectivity index (χ0v) is 14.2. The highest BCUT2D eigenvalue weighted by Gasteiger charge is 2.09. The Kier molecular flexibility index (Phi) is 6.16. The molecule has 5 heteroatoms. The van der Waals surface area contributed by atoms with Crippen molar-refractivity contribution in [1.29, 1.82) is 0 Å². The van der Waals surface area contributed by atoms with E-state index in [9.17, 15) is 9.59 Å². The van der Waals surface area contributed by atoms with Crippen LogP contribution in [0.5, 0.6) is 0 Å². The summed E-state index contributed by atoms with van der Waals surface area (Å²) in [5.41, 5.74) is 1.59. The van der Waals surface area contributed by atoms with Gasteiger partial charge in [0.2, 0.25) is 5.91 Å². The Balaban J connectivity index is 1.76. The molecule has 0 heterocycles. The van der Waals surface area contributed by atoms with E-state index in [0.29, 0.717) is 17.1 Å². The van der Waals surface area contributed by atoms with Crippen LogP contribution in [0.4, 0.5) is 0 Å². The molecule has 114 valence electrons. The van der Waals surface area contributed by atoms with Crippen molar-refractivity contribution in [3.05, 3.63) is 69.2 Å². The summed E-state index contributed by atoms with van der Waals surface area (Å²) in [5, 5.41) is 3.45. The lowest BCUT2D eigenvalue weighted by atomic mass is 10.1. The van der Waals surface area contributed by atoms with Crippen molar-refractivity contribution in [2.24, 2.45) is 0 Å². The summed E-state index contributed by atoms with van der Waals surface area (Å²) in [6.45, 7) is 0.433. The highest BCUT2D eigenvalue weighted by Crippen LogP contribution is 2.13. The van der Waals surface area contributed by atoms with Crippen LogP contribution in [0.3, 0.4) is 0 Å². The molecule has 2 rings (SSSR count). The first-order valence-electron chi connectivity index (χ1n) is 6.84. The minimum Gasteiger partial charge on any atom is -0.352 e. The van der Waals surface area contributed by atoms with Gasteiger partial charge in [-0.2, -0.15) is 0 Å². The number of Topliss-reactive ketones (excluding diaryl/α,β-unsaturated/α-hetero) is 1. The lowest BCUT2D eigenvalue weighted by Gasteiger charge is -2.05. The van der Waals surface area contributed by atoms with Crippen LogP contribution >= 0.6 is 27.5 Å². The molecule has 0 aliphatic rings. The van der Waals surface area contributed by atoms with E-state index in [2.05, 4.69) is 21.2 Å². The Morgan fingerprint density at radius 3 is 2.23 bits per heavy atom. The van der Waals surface area contributed by atoms with Gasteiger partial charge in [0.1, 0.15) is 0 Å². The smallest absolute Gasteiger partial charge is 0.220 e. The molecule has 0 unspecified atom stereocenters. The predicted octanol–water partition coefficient (Wildman–Crippen LogP) is 4.38. The quantitative estimate of drug-likeness (QED) is 0.756. The molecule has 22 heavy (non-hydrogen) atoms. The third kappa shape index (κ3) is 5.28. The fraction of sp³-hybridized carbons (Fsp3) is 0.176. The second-order valence-corrected chi connectivity index (χ2v) is 6.19. The van der Waals surface area contributed by atoms with Gasteiger partial charge in [0, 0.05) is 34.4 Å². The van der Waals surface area contributed by atoms with Gasteiger partial charge in [0.15, 0.2) is 5.78 Å². The molecular formula is C17H15BrClNO2. The second-order valence-electron chi connectivity index (χ2n) is 4.83. The number of rotatable bonds is 6. The Morgan fingerprint density at radius 1 is 0.955 bits per heavy atom. The molecule has 1 N–H and O–H groups in total. The van der Waals surface area contributed by atoms with Crippen molar-refractivity contribution in [3.63, 3.8) is 0 Å². The van der Waals surface area contributed by atoms with Gasteiger partial charge >= 0.3 is 0 Å². The number of carbonyl (C=O) groups is 2. The van der Waals surface area contributed by atoms with Crippen LogP contribution in [-0.2, 0) is 11.3 Å². The number of ketones is 1. The highest BCUT2D eigenvalue weighted by molar-refractivity contribution is 9.10. The van der Waals surface area contributed by atoms with Crippen LogP contribution < -0.4 is 5.32 Å². The third-order valence-electron chi connectivity index (χ3n) is 3.15. The molecule has 0 spiro atoms. The summed E-state index contributed by atoms with van der Waals surface area (Å²) in [6.07, 6.45) is 0.385. The monoisotopic (exact) mass is 379 g/mol. The number of amides is 1. The van der Waals surface area contributed by atoms with Crippen LogP contribution in [0.1, 0.15) is 28.8 Å². The molecule has 1 amide bonds. The summed E-state index contributed by atoms with van der Waals surface area (Å²) < 4.78 is 0.921. The van der Waals surface area contributed by atoms with E-state index in [-0.39, 0.29) is 24.5 Å². The van der Waals surface area contributed by atoms with Crippen LogP contribution in [-0.4, -0.2) is 11.7 Å². The highest BCUT2D eigenvalue weighted by atomic mass is 79.9. The lowest BCUT2D eigenvalue weighted by molar-refractivity contribution is -0.121. The fourth-order valence-corrected chi connectivity index (χ4v) is 2.29. The molecule has 0 fully saturated rings. The average molecular weight is 381 g/mol. The minimum atomic E-state index is -0.139. The number of halogens is 2. The molecule has 0 aliphatic carbocycles. The molecule has 0 bridgehead atoms. The van der Waals surface area contributed by atoms with Crippen LogP contribution in [0.25, 0.3) is 0 Å². The summed E-state index contributed by atoms with van der Waals surface area (Å²) in [5.74, 6) is -0.172. The van der Waals surface area contributed by atoms with E-state index in [4.69, 9.17) is 11.6 Å². The summed E-state index contributed by atoms with van der Waals surface area (Å²) in [4.78, 5) is 23.7. The van der Waals surface area contributed by atoms with Crippen molar-refractivity contribution in [1.82, 2.24) is 5.32 Å². The first-order chi connectivity index (χ1) is 10.5. The van der Waals surface area contributed by atoms with Crippen LogP contribution in [0.15, 0.2) is 53.0 Å². The molecule has 3 nitrogen and oxygen atoms in total. The molecule has 2 aromatic carbocycles. The Bertz CT molecular complexity index is 653. The Labute approximate surface area is 142 Å². The second kappa shape index (κ2) is 8.11. The number of benzene rings is 2. The van der Waals surface area contributed by atoms with Crippen molar-refractivity contribution < 1.29 is 9.59 Å². The summed E-state index contributed by atoms with van der Waals surface area (Å²) >= 11 is 9.12. The fourth-order valence-electron chi connectivity index (χ4n) is 1.90. The first kappa shape index (κ1) is 16.7. The van der Waals surface area contributed by atoms with E-state index >= 15 is 0 Å². The number of nitrogens with one attached hydrogen (secondary N) is 1. The van der Waals surface area contributed by atoms with Gasteiger partial charge in [0.25, 0.3) is 0 Å². The van der Waals surface area contributed by atoms with E-state index in [1.165, 1.54) is 0 Å². The van der Waals surface area contributed by atoms with Crippen molar-refractivity contribution in [2.45, 2.75) is 19.4 Å². The summed E-state index contributed by atoms with van der Waals surface area (Å²) in [6, 6.07) is 14.4. The van der Waals surface area contributed by atoms with E-state index in [1.54, 1.807) is 24.3 Å². The molecule has 2 aromatic rings. The molecule has 0 aliphatic heterocycles. The average Bonchev–Trinajstić information content (AvgIpc) is 2.52. The van der Waals surface area contributed by atoms with Gasteiger partial charge in [-0.1, -0.05) is 51.8 Å². The molecule has 0 saturated carbocycles. The predicted molar refractivity (Wildman–Crippen MR) is 91.0 cm³/mol. The van der Waals surface area contributed by atoms with Crippen molar-refractivity contribution in [2.75, 3.05) is 0 Å². The van der Waals surface area contributed by atoms with Gasteiger partial charge in [0.05, 0.1) is 0 Å². The zero-order valence-electron chi connectivity index (χ0n) is 11.8. The largest absolute Gasteiger partial charge is 0.352 e. The van der Waals surface area contributed by atoms with Gasteiger partial charge < -0.3 is 5.32 Å². The van der Waals surface area contributed by atoms with Gasteiger partial charge in [-0.25, -0.2) is 0 Å². The SMILES string of the molecule is O=C(CCC(=O)c1ccc(Br)cc1)NCc1ccc(Cl)cc1. The Hall–Kier alpha value is -1.65. The molecule has 0 aromatic heterocycles. The van der Waals surface area contributed by atoms with Crippen LogP contribution in [0, 0.1) is 0 Å². The van der Waals surface area contributed by atoms with E-state index < -0.39 is 0 Å². The topological polar surface area (TPSA) is 46.2 Å². The number of hydrogen-bond donors (Lipinski definition) is 1. The van der Waals surface area contributed by atoms with Crippen molar-refractivity contribution in [3.8, 4) is 0 Å². The van der Waals surface area contributed by atoms with Crippen molar-refractivity contribution >= 4 is 39.2 Å². The number of hydrogen-bond acceptors (Lipinski definition) is 2. The van der Waals surface area contributed by atoms with E-state index in [0.717, 1.165) is 10.0 Å². The zero-order chi connectivity index (χ0) is 15.9. The maximum absolute atomic E-state index is 12.0. The normalized spacial score (nSPS) is 10.3. The van der Waals surface area contributed by atoms with Gasteiger partial charge in [-0.3, -0.25) is 9.59 Å². The molecule has 0 radical (unpaired) electrons. The summed E-state index contributed by atoms with van der Waals surface area (Å²) in [7, 11) is 0. The lowest BCUT2D eigenvalue weighted by Crippen LogP contribution is -2.23. The van der Waals surface area contributed by atoms with Gasteiger partial charge in [-0.05, 0) is 29.8 Å². The van der Waals surface area contributed by atoms with Crippen LogP contribution in [0.2, 0.25) is 5.02 Å².